The smallest absolute Gasteiger partial charge is 0.292 e. The lowest BCUT2D eigenvalue weighted by atomic mass is 10.2. The van der Waals surface area contributed by atoms with Crippen molar-refractivity contribution in [2.75, 3.05) is 12.4 Å². The molecule has 1 aromatic heterocycles. The SMILES string of the molecule is CNS(=O)(=O)c1ccc(CNc2cc(C#N)ccc2[N+](=O)[O-])s1. The van der Waals surface area contributed by atoms with Crippen molar-refractivity contribution in [1.29, 1.82) is 5.26 Å². The second-order valence-corrected chi connectivity index (χ2v) is 7.66. The summed E-state index contributed by atoms with van der Waals surface area (Å²) >= 11 is 1.06. The average Bonchev–Trinajstić information content (AvgIpc) is 3.02. The summed E-state index contributed by atoms with van der Waals surface area (Å²) in [7, 11) is -2.18. The predicted octanol–water partition coefficient (Wildman–Crippen LogP) is 2.05. The minimum absolute atomic E-state index is 0.149. The summed E-state index contributed by atoms with van der Waals surface area (Å²) in [4.78, 5) is 11.1. The number of rotatable bonds is 6. The van der Waals surface area contributed by atoms with Crippen LogP contribution in [-0.4, -0.2) is 20.4 Å². The molecule has 0 aliphatic heterocycles. The van der Waals surface area contributed by atoms with Crippen LogP contribution in [0, 0.1) is 21.4 Å². The molecule has 1 aromatic carbocycles. The second-order valence-electron chi connectivity index (χ2n) is 4.38. The Morgan fingerprint density at radius 2 is 2.09 bits per heavy atom. The van der Waals surface area contributed by atoms with Gasteiger partial charge in [-0.25, -0.2) is 13.1 Å². The first-order valence-electron chi connectivity index (χ1n) is 6.32. The fourth-order valence-electron chi connectivity index (χ4n) is 1.79. The van der Waals surface area contributed by atoms with Crippen LogP contribution in [0.2, 0.25) is 0 Å². The number of nitrogens with zero attached hydrogens (tertiary/aromatic N) is 2. The summed E-state index contributed by atoms with van der Waals surface area (Å²) in [6.45, 7) is 0.208. The van der Waals surface area contributed by atoms with Crippen LogP contribution in [-0.2, 0) is 16.6 Å². The van der Waals surface area contributed by atoms with Crippen LogP contribution in [0.4, 0.5) is 11.4 Å². The molecule has 2 aromatic rings. The third-order valence-corrected chi connectivity index (χ3v) is 5.94. The predicted molar refractivity (Wildman–Crippen MR) is 85.7 cm³/mol. The summed E-state index contributed by atoms with van der Waals surface area (Å²) in [5.41, 5.74) is 0.354. The van der Waals surface area contributed by atoms with Crippen molar-refractivity contribution in [1.82, 2.24) is 4.72 Å². The molecule has 120 valence electrons. The highest BCUT2D eigenvalue weighted by Crippen LogP contribution is 2.27. The van der Waals surface area contributed by atoms with Crippen molar-refractivity contribution in [2.45, 2.75) is 10.8 Å². The Labute approximate surface area is 136 Å². The fraction of sp³-hybridized carbons (Fsp3) is 0.154. The van der Waals surface area contributed by atoms with Crippen molar-refractivity contribution in [3.63, 3.8) is 0 Å². The maximum atomic E-state index is 11.7. The van der Waals surface area contributed by atoms with Gasteiger partial charge in [0.15, 0.2) is 0 Å². The Morgan fingerprint density at radius 3 is 2.70 bits per heavy atom. The van der Waals surface area contributed by atoms with E-state index in [-0.39, 0.29) is 22.1 Å². The Kier molecular flexibility index (Phi) is 4.95. The first kappa shape index (κ1) is 16.9. The molecule has 0 atom stereocenters. The van der Waals surface area contributed by atoms with E-state index >= 15 is 0 Å². The van der Waals surface area contributed by atoms with Gasteiger partial charge in [0, 0.05) is 17.5 Å². The first-order valence-corrected chi connectivity index (χ1v) is 8.62. The lowest BCUT2D eigenvalue weighted by Crippen LogP contribution is -2.17. The molecule has 0 saturated heterocycles. The molecule has 0 aliphatic rings. The Morgan fingerprint density at radius 1 is 1.35 bits per heavy atom. The molecule has 10 heteroatoms. The molecular formula is C13H12N4O4S2. The highest BCUT2D eigenvalue weighted by atomic mass is 32.2. The summed E-state index contributed by atoms with van der Waals surface area (Å²) in [5, 5.41) is 22.8. The lowest BCUT2D eigenvalue weighted by molar-refractivity contribution is -0.384. The quantitative estimate of drug-likeness (QED) is 0.605. The molecule has 0 amide bonds. The summed E-state index contributed by atoms with van der Waals surface area (Å²) in [6, 6.07) is 9.02. The van der Waals surface area contributed by atoms with E-state index in [2.05, 4.69) is 10.0 Å². The number of anilines is 1. The number of hydrogen-bond donors (Lipinski definition) is 2. The topological polar surface area (TPSA) is 125 Å². The number of nitro groups is 1. The molecular weight excluding hydrogens is 340 g/mol. The van der Waals surface area contributed by atoms with Crippen LogP contribution in [0.3, 0.4) is 0 Å². The first-order chi connectivity index (χ1) is 10.9. The standard InChI is InChI=1S/C13H12N4O4S2/c1-15-23(20,21)13-5-3-10(22-13)8-16-11-6-9(7-14)2-4-12(11)17(18)19/h2-6,15-16H,8H2,1H3. The monoisotopic (exact) mass is 352 g/mol. The van der Waals surface area contributed by atoms with Gasteiger partial charge in [0.1, 0.15) is 9.90 Å². The van der Waals surface area contributed by atoms with Crippen LogP contribution in [0.15, 0.2) is 34.5 Å². The molecule has 0 radical (unpaired) electrons. The maximum absolute atomic E-state index is 11.7. The van der Waals surface area contributed by atoms with E-state index in [0.717, 1.165) is 11.3 Å². The minimum atomic E-state index is -3.50. The van der Waals surface area contributed by atoms with Gasteiger partial charge in [-0.1, -0.05) is 0 Å². The number of sulfonamides is 1. The number of nitriles is 1. The molecule has 0 fully saturated rings. The molecule has 2 N–H and O–H groups in total. The molecule has 0 spiro atoms. The highest BCUT2D eigenvalue weighted by molar-refractivity contribution is 7.91. The van der Waals surface area contributed by atoms with Crippen molar-refractivity contribution in [2.24, 2.45) is 0 Å². The van der Waals surface area contributed by atoms with E-state index in [9.17, 15) is 18.5 Å². The second kappa shape index (κ2) is 6.74. The number of thiophene rings is 1. The number of nitrogens with one attached hydrogen (secondary N) is 2. The van der Waals surface area contributed by atoms with Gasteiger partial charge in [-0.3, -0.25) is 10.1 Å². The third-order valence-electron chi connectivity index (χ3n) is 2.95. The van der Waals surface area contributed by atoms with E-state index in [4.69, 9.17) is 5.26 Å². The van der Waals surface area contributed by atoms with Gasteiger partial charge < -0.3 is 5.32 Å². The lowest BCUT2D eigenvalue weighted by Gasteiger charge is -2.06. The molecule has 23 heavy (non-hydrogen) atoms. The van der Waals surface area contributed by atoms with Gasteiger partial charge in [-0.2, -0.15) is 5.26 Å². The van der Waals surface area contributed by atoms with E-state index in [1.807, 2.05) is 6.07 Å². The van der Waals surface area contributed by atoms with E-state index < -0.39 is 14.9 Å². The van der Waals surface area contributed by atoms with Gasteiger partial charge >= 0.3 is 0 Å². The number of nitro benzene ring substituents is 1. The van der Waals surface area contributed by atoms with E-state index in [1.165, 1.54) is 31.3 Å². The van der Waals surface area contributed by atoms with Crippen molar-refractivity contribution >= 4 is 32.7 Å². The van der Waals surface area contributed by atoms with E-state index in [0.29, 0.717) is 10.4 Å². The Hall–Kier alpha value is -2.48. The number of hydrogen-bond acceptors (Lipinski definition) is 7. The zero-order chi connectivity index (χ0) is 17.0. The summed E-state index contributed by atoms with van der Waals surface area (Å²) in [6.07, 6.45) is 0. The highest BCUT2D eigenvalue weighted by Gasteiger charge is 2.16. The third kappa shape index (κ3) is 3.84. The van der Waals surface area contributed by atoms with Gasteiger partial charge in [0.25, 0.3) is 5.69 Å². The fourth-order valence-corrected chi connectivity index (χ4v) is 3.92. The minimum Gasteiger partial charge on any atom is -0.375 e. The van der Waals surface area contributed by atoms with Crippen molar-refractivity contribution < 1.29 is 13.3 Å². The largest absolute Gasteiger partial charge is 0.375 e. The molecule has 1 heterocycles. The van der Waals surface area contributed by atoms with Crippen LogP contribution in [0.25, 0.3) is 0 Å². The molecule has 0 unspecified atom stereocenters. The van der Waals surface area contributed by atoms with Gasteiger partial charge in [-0.05, 0) is 31.3 Å². The van der Waals surface area contributed by atoms with Crippen LogP contribution < -0.4 is 10.0 Å². The molecule has 2 rings (SSSR count). The summed E-state index contributed by atoms with van der Waals surface area (Å²) < 4.78 is 25.7. The van der Waals surface area contributed by atoms with Crippen LogP contribution >= 0.6 is 11.3 Å². The van der Waals surface area contributed by atoms with Gasteiger partial charge in [0.05, 0.1) is 16.6 Å². The van der Waals surface area contributed by atoms with Crippen molar-refractivity contribution in [3.05, 3.63) is 50.9 Å². The maximum Gasteiger partial charge on any atom is 0.292 e. The molecule has 0 bridgehead atoms. The Bertz CT molecular complexity index is 884. The van der Waals surface area contributed by atoms with Crippen molar-refractivity contribution in [3.8, 4) is 6.07 Å². The van der Waals surface area contributed by atoms with Gasteiger partial charge in [0.2, 0.25) is 10.0 Å². The molecule has 8 nitrogen and oxygen atoms in total. The normalized spacial score (nSPS) is 11.0. The molecule has 0 aliphatic carbocycles. The van der Waals surface area contributed by atoms with E-state index in [1.54, 1.807) is 6.07 Å². The zero-order valence-corrected chi connectivity index (χ0v) is 13.6. The molecule has 0 saturated carbocycles. The average molecular weight is 352 g/mol. The Balaban J connectivity index is 2.21. The van der Waals surface area contributed by atoms with Gasteiger partial charge in [-0.15, -0.1) is 11.3 Å². The van der Waals surface area contributed by atoms with Crippen LogP contribution in [0.1, 0.15) is 10.4 Å². The van der Waals surface area contributed by atoms with Crippen LogP contribution in [0.5, 0.6) is 0 Å². The number of benzene rings is 1. The summed E-state index contributed by atoms with van der Waals surface area (Å²) in [5.74, 6) is 0. The zero-order valence-electron chi connectivity index (χ0n) is 11.9.